The Labute approximate surface area is 166 Å². The SMILES string of the molecule is Cc1cccc(C(=O)NC(C)C)c1NC(=O)c1cnc(C(F)(F)F)nc1C(C)C. The molecule has 0 fully saturated rings. The number of rotatable bonds is 5. The van der Waals surface area contributed by atoms with Gasteiger partial charge >= 0.3 is 6.18 Å². The molecule has 0 saturated heterocycles. The molecule has 0 unspecified atom stereocenters. The quantitative estimate of drug-likeness (QED) is 0.772. The number of aryl methyl sites for hydroxylation is 1. The Hall–Kier alpha value is -2.97. The smallest absolute Gasteiger partial charge is 0.350 e. The van der Waals surface area contributed by atoms with E-state index in [1.165, 1.54) is 0 Å². The highest BCUT2D eigenvalue weighted by Crippen LogP contribution is 2.29. The van der Waals surface area contributed by atoms with Crippen molar-refractivity contribution in [1.29, 1.82) is 0 Å². The third kappa shape index (κ3) is 5.30. The van der Waals surface area contributed by atoms with Crippen LogP contribution in [0, 0.1) is 6.92 Å². The van der Waals surface area contributed by atoms with Gasteiger partial charge in [-0.05, 0) is 38.3 Å². The van der Waals surface area contributed by atoms with Crippen LogP contribution in [0.15, 0.2) is 24.4 Å². The molecule has 0 aliphatic carbocycles. The van der Waals surface area contributed by atoms with Gasteiger partial charge in [0.25, 0.3) is 11.8 Å². The lowest BCUT2D eigenvalue weighted by Gasteiger charge is -2.17. The van der Waals surface area contributed by atoms with Crippen molar-refractivity contribution < 1.29 is 22.8 Å². The molecule has 2 N–H and O–H groups in total. The number of nitrogens with zero attached hydrogens (tertiary/aromatic N) is 2. The topological polar surface area (TPSA) is 84.0 Å². The van der Waals surface area contributed by atoms with Crippen molar-refractivity contribution in [3.8, 4) is 0 Å². The fourth-order valence-corrected chi connectivity index (χ4v) is 2.69. The van der Waals surface area contributed by atoms with E-state index in [0.29, 0.717) is 5.56 Å². The highest BCUT2D eigenvalue weighted by Gasteiger charge is 2.36. The van der Waals surface area contributed by atoms with E-state index in [-0.39, 0.29) is 34.5 Å². The van der Waals surface area contributed by atoms with Crippen molar-refractivity contribution in [2.24, 2.45) is 0 Å². The van der Waals surface area contributed by atoms with Crippen LogP contribution in [0.4, 0.5) is 18.9 Å². The third-order valence-corrected chi connectivity index (χ3v) is 4.04. The summed E-state index contributed by atoms with van der Waals surface area (Å²) in [5.41, 5.74) is 1.07. The van der Waals surface area contributed by atoms with Gasteiger partial charge < -0.3 is 10.6 Å². The molecule has 0 aliphatic rings. The minimum Gasteiger partial charge on any atom is -0.350 e. The average molecular weight is 408 g/mol. The van der Waals surface area contributed by atoms with E-state index in [1.54, 1.807) is 52.8 Å². The minimum absolute atomic E-state index is 0.0217. The highest BCUT2D eigenvalue weighted by atomic mass is 19.4. The van der Waals surface area contributed by atoms with Crippen LogP contribution < -0.4 is 10.6 Å². The fraction of sp³-hybridized carbons (Fsp3) is 0.400. The van der Waals surface area contributed by atoms with Crippen LogP contribution >= 0.6 is 0 Å². The van der Waals surface area contributed by atoms with E-state index in [1.807, 2.05) is 0 Å². The van der Waals surface area contributed by atoms with Gasteiger partial charge in [0.05, 0.1) is 22.5 Å². The van der Waals surface area contributed by atoms with E-state index >= 15 is 0 Å². The van der Waals surface area contributed by atoms with Gasteiger partial charge in [0.2, 0.25) is 5.82 Å². The number of para-hydroxylation sites is 1. The van der Waals surface area contributed by atoms with Crippen molar-refractivity contribution in [3.63, 3.8) is 0 Å². The first-order valence-electron chi connectivity index (χ1n) is 9.07. The molecular formula is C20H23F3N4O2. The Kier molecular flexibility index (Phi) is 6.61. The number of aromatic nitrogens is 2. The molecule has 29 heavy (non-hydrogen) atoms. The summed E-state index contributed by atoms with van der Waals surface area (Å²) in [6.07, 6.45) is -3.84. The van der Waals surface area contributed by atoms with Crippen molar-refractivity contribution in [2.45, 2.75) is 52.8 Å². The normalized spacial score (nSPS) is 11.7. The minimum atomic E-state index is -4.71. The molecule has 0 spiro atoms. The van der Waals surface area contributed by atoms with E-state index in [2.05, 4.69) is 20.6 Å². The number of benzene rings is 1. The van der Waals surface area contributed by atoms with E-state index in [4.69, 9.17) is 0 Å². The zero-order valence-electron chi connectivity index (χ0n) is 16.8. The van der Waals surface area contributed by atoms with Crippen LogP contribution in [0.1, 0.15) is 71.4 Å². The van der Waals surface area contributed by atoms with Crippen LogP contribution in [0.3, 0.4) is 0 Å². The van der Waals surface area contributed by atoms with Crippen LogP contribution in [-0.4, -0.2) is 27.8 Å². The Balaban J connectivity index is 2.44. The number of carbonyl (C=O) groups is 2. The molecule has 0 radical (unpaired) electrons. The second-order valence-electron chi connectivity index (χ2n) is 7.22. The zero-order chi connectivity index (χ0) is 21.9. The molecule has 0 bridgehead atoms. The summed E-state index contributed by atoms with van der Waals surface area (Å²) in [6.45, 7) is 8.60. The number of carbonyl (C=O) groups excluding carboxylic acids is 2. The van der Waals surface area contributed by atoms with Crippen molar-refractivity contribution in [3.05, 3.63) is 52.6 Å². The van der Waals surface area contributed by atoms with Gasteiger partial charge in [0.15, 0.2) is 0 Å². The van der Waals surface area contributed by atoms with Gasteiger partial charge in [-0.2, -0.15) is 13.2 Å². The van der Waals surface area contributed by atoms with Gasteiger partial charge in [0, 0.05) is 12.2 Å². The molecule has 9 heteroatoms. The maximum atomic E-state index is 12.9. The van der Waals surface area contributed by atoms with Gasteiger partial charge in [0.1, 0.15) is 0 Å². The Morgan fingerprint density at radius 3 is 2.24 bits per heavy atom. The number of anilines is 1. The summed E-state index contributed by atoms with van der Waals surface area (Å²) in [6, 6.07) is 4.85. The molecule has 0 aliphatic heterocycles. The lowest BCUT2D eigenvalue weighted by Crippen LogP contribution is -2.31. The van der Waals surface area contributed by atoms with E-state index in [9.17, 15) is 22.8 Å². The summed E-state index contributed by atoms with van der Waals surface area (Å²) < 4.78 is 38.8. The second kappa shape index (κ2) is 8.59. The molecule has 1 heterocycles. The Morgan fingerprint density at radius 1 is 1.03 bits per heavy atom. The largest absolute Gasteiger partial charge is 0.451 e. The van der Waals surface area contributed by atoms with Crippen molar-refractivity contribution in [2.75, 3.05) is 5.32 Å². The van der Waals surface area contributed by atoms with Gasteiger partial charge in [-0.25, -0.2) is 9.97 Å². The Bertz CT molecular complexity index is 924. The average Bonchev–Trinajstić information content (AvgIpc) is 2.61. The van der Waals surface area contributed by atoms with Crippen LogP contribution in [0.2, 0.25) is 0 Å². The first-order chi connectivity index (χ1) is 13.4. The number of hydrogen-bond acceptors (Lipinski definition) is 4. The second-order valence-corrected chi connectivity index (χ2v) is 7.22. The molecule has 2 aromatic rings. The van der Waals surface area contributed by atoms with Crippen molar-refractivity contribution in [1.82, 2.24) is 15.3 Å². The molecule has 0 saturated carbocycles. The first kappa shape index (κ1) is 22.3. The lowest BCUT2D eigenvalue weighted by molar-refractivity contribution is -0.145. The standard InChI is InChI=1S/C20H23F3N4O2/c1-10(2)15-14(9-24-19(27-15)20(21,22)23)18(29)26-16-12(5)7-6-8-13(16)17(28)25-11(3)4/h6-11H,1-5H3,(H,25,28)(H,26,29). The molecular weight excluding hydrogens is 385 g/mol. The summed E-state index contributed by atoms with van der Waals surface area (Å²) in [4.78, 5) is 32.2. The van der Waals surface area contributed by atoms with Gasteiger partial charge in [-0.15, -0.1) is 0 Å². The maximum absolute atomic E-state index is 12.9. The Morgan fingerprint density at radius 2 is 1.69 bits per heavy atom. The summed E-state index contributed by atoms with van der Waals surface area (Å²) in [5, 5.41) is 5.40. The first-order valence-corrected chi connectivity index (χ1v) is 9.07. The predicted octanol–water partition coefficient (Wildman–Crippen LogP) is 4.32. The summed E-state index contributed by atoms with van der Waals surface area (Å²) in [5.74, 6) is -2.80. The van der Waals surface area contributed by atoms with Crippen LogP contribution in [0.5, 0.6) is 0 Å². The molecule has 1 aromatic carbocycles. The molecule has 2 rings (SSSR count). The summed E-state index contributed by atoms with van der Waals surface area (Å²) in [7, 11) is 0. The molecule has 0 atom stereocenters. The van der Waals surface area contributed by atoms with Gasteiger partial charge in [-0.1, -0.05) is 26.0 Å². The number of hydrogen-bond donors (Lipinski definition) is 2. The van der Waals surface area contributed by atoms with Crippen LogP contribution in [-0.2, 0) is 6.18 Å². The molecule has 6 nitrogen and oxygen atoms in total. The maximum Gasteiger partial charge on any atom is 0.451 e. The third-order valence-electron chi connectivity index (χ3n) is 4.04. The number of nitrogens with one attached hydrogen (secondary N) is 2. The monoisotopic (exact) mass is 408 g/mol. The molecule has 156 valence electrons. The predicted molar refractivity (Wildman–Crippen MR) is 103 cm³/mol. The van der Waals surface area contributed by atoms with E-state index < -0.39 is 23.8 Å². The number of amides is 2. The fourth-order valence-electron chi connectivity index (χ4n) is 2.69. The number of alkyl halides is 3. The highest BCUT2D eigenvalue weighted by molar-refractivity contribution is 6.10. The van der Waals surface area contributed by atoms with Crippen molar-refractivity contribution >= 4 is 17.5 Å². The summed E-state index contributed by atoms with van der Waals surface area (Å²) >= 11 is 0. The van der Waals surface area contributed by atoms with Crippen LogP contribution in [0.25, 0.3) is 0 Å². The molecule has 2 amide bonds. The molecule has 1 aromatic heterocycles. The number of halogens is 3. The zero-order valence-corrected chi connectivity index (χ0v) is 16.8. The van der Waals surface area contributed by atoms with E-state index in [0.717, 1.165) is 6.20 Å². The lowest BCUT2D eigenvalue weighted by atomic mass is 10.0. The van der Waals surface area contributed by atoms with Gasteiger partial charge in [-0.3, -0.25) is 9.59 Å².